The second kappa shape index (κ2) is 10.3. The Hall–Kier alpha value is -2.69. The minimum Gasteiger partial charge on any atom is -0.352 e. The van der Waals surface area contributed by atoms with Gasteiger partial charge in [-0.25, -0.2) is 4.39 Å². The van der Waals surface area contributed by atoms with Gasteiger partial charge < -0.3 is 10.2 Å². The van der Waals surface area contributed by atoms with E-state index in [9.17, 15) is 14.0 Å². The summed E-state index contributed by atoms with van der Waals surface area (Å²) in [5, 5.41) is 2.70. The van der Waals surface area contributed by atoms with Gasteiger partial charge in [0.2, 0.25) is 11.8 Å². The monoisotopic (exact) mass is 356 g/mol. The SMILES string of the molecule is CC(=O)N(CCCc1ccccc1)CCC(=O)NCc1ccccc1F. The van der Waals surface area contributed by atoms with Crippen molar-refractivity contribution in [1.29, 1.82) is 0 Å². The van der Waals surface area contributed by atoms with Gasteiger partial charge in [0, 0.05) is 38.5 Å². The van der Waals surface area contributed by atoms with Gasteiger partial charge in [0.05, 0.1) is 0 Å². The molecule has 0 spiro atoms. The molecule has 138 valence electrons. The normalized spacial score (nSPS) is 10.4. The molecule has 0 unspecified atom stereocenters. The fraction of sp³-hybridized carbons (Fsp3) is 0.333. The predicted octanol–water partition coefficient (Wildman–Crippen LogP) is 3.31. The molecule has 2 amide bonds. The molecule has 26 heavy (non-hydrogen) atoms. The summed E-state index contributed by atoms with van der Waals surface area (Å²) in [6.45, 7) is 2.65. The quantitative estimate of drug-likeness (QED) is 0.749. The zero-order chi connectivity index (χ0) is 18.8. The topological polar surface area (TPSA) is 49.4 Å². The van der Waals surface area contributed by atoms with Crippen molar-refractivity contribution in [2.24, 2.45) is 0 Å². The fourth-order valence-corrected chi connectivity index (χ4v) is 2.71. The number of amides is 2. The van der Waals surface area contributed by atoms with Crippen LogP contribution in [0.3, 0.4) is 0 Å². The van der Waals surface area contributed by atoms with E-state index in [2.05, 4.69) is 17.4 Å². The number of benzene rings is 2. The molecule has 0 atom stereocenters. The van der Waals surface area contributed by atoms with Crippen molar-refractivity contribution < 1.29 is 14.0 Å². The third-order valence-corrected chi connectivity index (χ3v) is 4.22. The number of hydrogen-bond acceptors (Lipinski definition) is 2. The molecular formula is C21H25FN2O2. The zero-order valence-electron chi connectivity index (χ0n) is 15.1. The van der Waals surface area contributed by atoms with Crippen LogP contribution in [-0.4, -0.2) is 29.8 Å². The predicted molar refractivity (Wildman–Crippen MR) is 99.9 cm³/mol. The van der Waals surface area contributed by atoms with Gasteiger partial charge in [0.25, 0.3) is 0 Å². The lowest BCUT2D eigenvalue weighted by molar-refractivity contribution is -0.129. The van der Waals surface area contributed by atoms with Crippen molar-refractivity contribution in [2.45, 2.75) is 32.7 Å². The summed E-state index contributed by atoms with van der Waals surface area (Å²) in [6.07, 6.45) is 1.95. The van der Waals surface area contributed by atoms with E-state index in [0.29, 0.717) is 18.7 Å². The molecule has 0 fully saturated rings. The lowest BCUT2D eigenvalue weighted by atomic mass is 10.1. The highest BCUT2D eigenvalue weighted by Crippen LogP contribution is 2.06. The molecule has 2 rings (SSSR count). The molecule has 0 aliphatic carbocycles. The van der Waals surface area contributed by atoms with Crippen molar-refractivity contribution in [1.82, 2.24) is 10.2 Å². The summed E-state index contributed by atoms with van der Waals surface area (Å²) in [5.74, 6) is -0.568. The van der Waals surface area contributed by atoms with Crippen molar-refractivity contribution in [2.75, 3.05) is 13.1 Å². The second-order valence-electron chi connectivity index (χ2n) is 6.21. The summed E-state index contributed by atoms with van der Waals surface area (Å²) < 4.78 is 13.5. The van der Waals surface area contributed by atoms with Gasteiger partial charge in [0.1, 0.15) is 5.82 Å². The van der Waals surface area contributed by atoms with Gasteiger partial charge in [-0.2, -0.15) is 0 Å². The first-order chi connectivity index (χ1) is 12.6. The molecule has 0 bridgehead atoms. The maximum atomic E-state index is 13.5. The summed E-state index contributed by atoms with van der Waals surface area (Å²) in [6, 6.07) is 16.5. The number of nitrogens with zero attached hydrogens (tertiary/aromatic N) is 1. The average Bonchev–Trinajstić information content (AvgIpc) is 2.64. The highest BCUT2D eigenvalue weighted by Gasteiger charge is 2.11. The van der Waals surface area contributed by atoms with Crippen LogP contribution >= 0.6 is 0 Å². The number of halogens is 1. The minimum absolute atomic E-state index is 0.0417. The van der Waals surface area contributed by atoms with Crippen molar-refractivity contribution >= 4 is 11.8 Å². The largest absolute Gasteiger partial charge is 0.352 e. The number of carbonyl (C=O) groups is 2. The molecule has 1 N–H and O–H groups in total. The Bertz CT molecular complexity index is 719. The van der Waals surface area contributed by atoms with E-state index in [1.54, 1.807) is 23.1 Å². The highest BCUT2D eigenvalue weighted by atomic mass is 19.1. The van der Waals surface area contributed by atoms with E-state index in [1.807, 2.05) is 18.2 Å². The second-order valence-corrected chi connectivity index (χ2v) is 6.21. The first kappa shape index (κ1) is 19.6. The van der Waals surface area contributed by atoms with Gasteiger partial charge in [-0.05, 0) is 24.5 Å². The highest BCUT2D eigenvalue weighted by molar-refractivity contribution is 5.78. The minimum atomic E-state index is -0.334. The molecule has 0 aromatic heterocycles. The van der Waals surface area contributed by atoms with Gasteiger partial charge in [-0.1, -0.05) is 48.5 Å². The van der Waals surface area contributed by atoms with Crippen LogP contribution in [0, 0.1) is 5.82 Å². The van der Waals surface area contributed by atoms with E-state index in [-0.39, 0.29) is 30.6 Å². The number of rotatable bonds is 9. The first-order valence-corrected chi connectivity index (χ1v) is 8.86. The van der Waals surface area contributed by atoms with Crippen molar-refractivity contribution in [3.05, 3.63) is 71.5 Å². The van der Waals surface area contributed by atoms with Crippen LogP contribution in [-0.2, 0) is 22.6 Å². The van der Waals surface area contributed by atoms with Crippen LogP contribution in [0.5, 0.6) is 0 Å². The fourth-order valence-electron chi connectivity index (χ4n) is 2.71. The van der Waals surface area contributed by atoms with E-state index < -0.39 is 0 Å². The van der Waals surface area contributed by atoms with Gasteiger partial charge in [0.15, 0.2) is 0 Å². The molecular weight excluding hydrogens is 331 g/mol. The molecule has 0 saturated carbocycles. The third kappa shape index (κ3) is 6.67. The molecule has 4 nitrogen and oxygen atoms in total. The Morgan fingerprint density at radius 2 is 1.69 bits per heavy atom. The van der Waals surface area contributed by atoms with Crippen LogP contribution in [0.1, 0.15) is 30.9 Å². The average molecular weight is 356 g/mol. The first-order valence-electron chi connectivity index (χ1n) is 8.86. The van der Waals surface area contributed by atoms with Gasteiger partial charge >= 0.3 is 0 Å². The summed E-state index contributed by atoms with van der Waals surface area (Å²) in [5.41, 5.74) is 1.69. The maximum absolute atomic E-state index is 13.5. The Labute approximate surface area is 154 Å². The Kier molecular flexibility index (Phi) is 7.80. The number of hydrogen-bond donors (Lipinski definition) is 1. The van der Waals surface area contributed by atoms with Crippen molar-refractivity contribution in [3.8, 4) is 0 Å². The molecule has 0 saturated heterocycles. The smallest absolute Gasteiger partial charge is 0.222 e. The molecule has 0 aliphatic rings. The molecule has 0 heterocycles. The molecule has 0 aliphatic heterocycles. The molecule has 2 aromatic rings. The van der Waals surface area contributed by atoms with E-state index in [1.165, 1.54) is 18.6 Å². The zero-order valence-corrected chi connectivity index (χ0v) is 15.1. The molecule has 5 heteroatoms. The summed E-state index contributed by atoms with van der Waals surface area (Å²) in [7, 11) is 0. The van der Waals surface area contributed by atoms with Crippen LogP contribution in [0.4, 0.5) is 4.39 Å². The van der Waals surface area contributed by atoms with Crippen molar-refractivity contribution in [3.63, 3.8) is 0 Å². The van der Waals surface area contributed by atoms with Crippen LogP contribution < -0.4 is 5.32 Å². The number of aryl methyl sites for hydroxylation is 1. The Morgan fingerprint density at radius 1 is 1.00 bits per heavy atom. The molecule has 2 aromatic carbocycles. The van der Waals surface area contributed by atoms with Crippen LogP contribution in [0.25, 0.3) is 0 Å². The van der Waals surface area contributed by atoms with Crippen LogP contribution in [0.2, 0.25) is 0 Å². The molecule has 0 radical (unpaired) electrons. The van der Waals surface area contributed by atoms with Crippen LogP contribution in [0.15, 0.2) is 54.6 Å². The Balaban J connectivity index is 1.72. The van der Waals surface area contributed by atoms with E-state index >= 15 is 0 Å². The lowest BCUT2D eigenvalue weighted by Crippen LogP contribution is -2.34. The van der Waals surface area contributed by atoms with Gasteiger partial charge in [-0.15, -0.1) is 0 Å². The third-order valence-electron chi connectivity index (χ3n) is 4.22. The standard InChI is InChI=1S/C21H25FN2O2/c1-17(25)24(14-7-10-18-8-3-2-4-9-18)15-13-21(26)23-16-19-11-5-6-12-20(19)22/h2-6,8-9,11-12H,7,10,13-16H2,1H3,(H,23,26). The number of nitrogens with one attached hydrogen (secondary N) is 1. The van der Waals surface area contributed by atoms with E-state index in [0.717, 1.165) is 12.8 Å². The maximum Gasteiger partial charge on any atom is 0.222 e. The number of carbonyl (C=O) groups excluding carboxylic acids is 2. The summed E-state index contributed by atoms with van der Waals surface area (Å²) >= 11 is 0. The summed E-state index contributed by atoms with van der Waals surface area (Å²) in [4.78, 5) is 25.4. The van der Waals surface area contributed by atoms with E-state index in [4.69, 9.17) is 0 Å². The lowest BCUT2D eigenvalue weighted by Gasteiger charge is -2.20. The Morgan fingerprint density at radius 3 is 2.38 bits per heavy atom. The van der Waals surface area contributed by atoms with Gasteiger partial charge in [-0.3, -0.25) is 9.59 Å².